The molecule has 6 nitrogen and oxygen atoms in total. The van der Waals surface area contributed by atoms with Crippen LogP contribution in [0.2, 0.25) is 0 Å². The van der Waals surface area contributed by atoms with Crippen LogP contribution in [-0.4, -0.2) is 27.5 Å². The van der Waals surface area contributed by atoms with Crippen LogP contribution < -0.4 is 10.1 Å². The number of aromatic amines is 1. The fourth-order valence-corrected chi connectivity index (χ4v) is 3.38. The molecular formula is C20H19FN4O2. The van der Waals surface area contributed by atoms with Gasteiger partial charge in [-0.15, -0.1) is 0 Å². The van der Waals surface area contributed by atoms with Gasteiger partial charge in [-0.05, 0) is 43.9 Å². The molecule has 0 fully saturated rings. The molecule has 1 aliphatic carbocycles. The van der Waals surface area contributed by atoms with Gasteiger partial charge in [-0.25, -0.2) is 14.4 Å². The molecular weight excluding hydrogens is 347 g/mol. The highest BCUT2D eigenvalue weighted by molar-refractivity contribution is 6.09. The molecule has 0 bridgehead atoms. The van der Waals surface area contributed by atoms with Crippen molar-refractivity contribution in [2.45, 2.75) is 26.2 Å². The largest absolute Gasteiger partial charge is 0.491 e. The molecule has 0 radical (unpaired) electrons. The molecule has 0 unspecified atom stereocenters. The number of ether oxygens (including phenoxy) is 1. The van der Waals surface area contributed by atoms with Gasteiger partial charge in [0.25, 0.3) is 5.91 Å². The molecule has 0 saturated heterocycles. The minimum atomic E-state index is -0.513. The number of carbonyl (C=O) groups excluding carboxylic acids is 1. The van der Waals surface area contributed by atoms with E-state index in [2.05, 4.69) is 20.3 Å². The van der Waals surface area contributed by atoms with Crippen LogP contribution in [0.5, 0.6) is 5.75 Å². The van der Waals surface area contributed by atoms with E-state index in [0.29, 0.717) is 17.9 Å². The van der Waals surface area contributed by atoms with Gasteiger partial charge in [0.2, 0.25) is 0 Å². The smallest absolute Gasteiger partial charge is 0.257 e. The lowest BCUT2D eigenvalue weighted by molar-refractivity contribution is 0.102. The molecule has 4 rings (SSSR count). The summed E-state index contributed by atoms with van der Waals surface area (Å²) < 4.78 is 19.2. The van der Waals surface area contributed by atoms with Crippen molar-refractivity contribution < 1.29 is 13.9 Å². The highest BCUT2D eigenvalue weighted by Gasteiger charge is 2.24. The van der Waals surface area contributed by atoms with Gasteiger partial charge in [0, 0.05) is 35.4 Å². The molecule has 0 spiro atoms. The van der Waals surface area contributed by atoms with Crippen LogP contribution in [0.4, 0.5) is 10.1 Å². The van der Waals surface area contributed by atoms with Gasteiger partial charge in [-0.2, -0.15) is 0 Å². The lowest BCUT2D eigenvalue weighted by Gasteiger charge is -2.10. The molecule has 1 aliphatic rings. The number of nitrogens with one attached hydrogen (secondary N) is 2. The van der Waals surface area contributed by atoms with E-state index >= 15 is 0 Å². The van der Waals surface area contributed by atoms with E-state index in [1.165, 1.54) is 18.5 Å². The first kappa shape index (κ1) is 17.2. The molecule has 3 aromatic rings. The highest BCUT2D eigenvalue weighted by Crippen LogP contribution is 2.33. The topological polar surface area (TPSA) is 79.9 Å². The minimum Gasteiger partial charge on any atom is -0.491 e. The zero-order valence-corrected chi connectivity index (χ0v) is 14.9. The van der Waals surface area contributed by atoms with Crippen molar-refractivity contribution in [1.82, 2.24) is 15.0 Å². The first-order valence-corrected chi connectivity index (χ1v) is 8.90. The number of anilines is 1. The van der Waals surface area contributed by atoms with Crippen molar-refractivity contribution >= 4 is 11.6 Å². The quantitative estimate of drug-likeness (QED) is 0.737. The summed E-state index contributed by atoms with van der Waals surface area (Å²) in [6.45, 7) is 2.16. The zero-order valence-electron chi connectivity index (χ0n) is 14.9. The molecule has 0 atom stereocenters. The Labute approximate surface area is 155 Å². The number of rotatable bonds is 4. The second-order valence-electron chi connectivity index (χ2n) is 6.34. The number of amides is 1. The molecule has 2 N–H and O–H groups in total. The van der Waals surface area contributed by atoms with Crippen LogP contribution in [-0.2, 0) is 12.8 Å². The van der Waals surface area contributed by atoms with E-state index in [9.17, 15) is 9.18 Å². The van der Waals surface area contributed by atoms with E-state index < -0.39 is 5.82 Å². The predicted molar refractivity (Wildman–Crippen MR) is 99.4 cm³/mol. The Hall–Kier alpha value is -3.22. The molecule has 0 aliphatic heterocycles. The number of nitrogens with zero attached hydrogens (tertiary/aromatic N) is 2. The van der Waals surface area contributed by atoms with Gasteiger partial charge >= 0.3 is 0 Å². The average molecular weight is 366 g/mol. The number of aromatic nitrogens is 3. The summed E-state index contributed by atoms with van der Waals surface area (Å²) in [5.41, 5.74) is 4.44. The van der Waals surface area contributed by atoms with Crippen LogP contribution >= 0.6 is 0 Å². The molecule has 27 heavy (non-hydrogen) atoms. The standard InChI is InChI=1S/C20H19FN4O2/c1-2-27-17-7-6-13(8-15(17)21)25-20(26)14-10-23-16-5-3-4-12-9-22-11-24-19(12)18(14)16/h6-11,23H,2-5H2,1H3,(H,25,26). The number of H-pyrrole nitrogens is 1. The zero-order chi connectivity index (χ0) is 18.8. The van der Waals surface area contributed by atoms with Gasteiger partial charge in [0.15, 0.2) is 11.6 Å². The molecule has 138 valence electrons. The van der Waals surface area contributed by atoms with Crippen molar-refractivity contribution in [3.8, 4) is 17.0 Å². The summed E-state index contributed by atoms with van der Waals surface area (Å²) in [6, 6.07) is 4.38. The Bertz CT molecular complexity index is 999. The first-order valence-electron chi connectivity index (χ1n) is 8.90. The molecule has 7 heteroatoms. The minimum absolute atomic E-state index is 0.164. The van der Waals surface area contributed by atoms with Crippen LogP contribution in [0.1, 0.15) is 35.0 Å². The van der Waals surface area contributed by atoms with Crippen LogP contribution in [0.15, 0.2) is 36.9 Å². The van der Waals surface area contributed by atoms with Crippen molar-refractivity contribution in [1.29, 1.82) is 0 Å². The predicted octanol–water partition coefficient (Wildman–Crippen LogP) is 3.75. The van der Waals surface area contributed by atoms with Crippen LogP contribution in [0.3, 0.4) is 0 Å². The van der Waals surface area contributed by atoms with E-state index in [4.69, 9.17) is 4.74 Å². The number of halogens is 1. The normalized spacial score (nSPS) is 12.7. The molecule has 1 aromatic carbocycles. The third-order valence-electron chi connectivity index (χ3n) is 4.59. The third-order valence-corrected chi connectivity index (χ3v) is 4.59. The van der Waals surface area contributed by atoms with Gasteiger partial charge in [-0.3, -0.25) is 4.79 Å². The second kappa shape index (κ2) is 7.19. The number of hydrogen-bond acceptors (Lipinski definition) is 4. The Morgan fingerprint density at radius 3 is 3.07 bits per heavy atom. The fourth-order valence-electron chi connectivity index (χ4n) is 3.38. The average Bonchev–Trinajstić information content (AvgIpc) is 3.00. The van der Waals surface area contributed by atoms with Crippen molar-refractivity contribution in [2.24, 2.45) is 0 Å². The van der Waals surface area contributed by atoms with Crippen LogP contribution in [0.25, 0.3) is 11.3 Å². The number of fused-ring (bicyclic) bond motifs is 3. The summed E-state index contributed by atoms with van der Waals surface area (Å²) in [5.74, 6) is -0.667. The highest BCUT2D eigenvalue weighted by atomic mass is 19.1. The summed E-state index contributed by atoms with van der Waals surface area (Å²) >= 11 is 0. The van der Waals surface area contributed by atoms with Crippen molar-refractivity contribution in [3.05, 3.63) is 59.6 Å². The van der Waals surface area contributed by atoms with Gasteiger partial charge in [0.05, 0.1) is 17.9 Å². The maximum atomic E-state index is 14.1. The Kier molecular flexibility index (Phi) is 4.58. The lowest BCUT2D eigenvalue weighted by Crippen LogP contribution is -2.13. The van der Waals surface area contributed by atoms with E-state index in [0.717, 1.165) is 41.8 Å². The van der Waals surface area contributed by atoms with E-state index in [1.54, 1.807) is 25.4 Å². The second-order valence-corrected chi connectivity index (χ2v) is 6.34. The summed E-state index contributed by atoms with van der Waals surface area (Å²) in [6.07, 6.45) is 7.63. The molecule has 2 aromatic heterocycles. The molecule has 1 amide bonds. The fraction of sp³-hybridized carbons (Fsp3) is 0.250. The van der Waals surface area contributed by atoms with Crippen molar-refractivity contribution in [3.63, 3.8) is 0 Å². The van der Waals surface area contributed by atoms with Gasteiger partial charge in [0.1, 0.15) is 6.33 Å². The SMILES string of the molecule is CCOc1ccc(NC(=O)c2c[nH]c3c2-c2ncncc2CCC3)cc1F. The Balaban J connectivity index is 1.66. The van der Waals surface area contributed by atoms with Gasteiger partial charge in [-0.1, -0.05) is 0 Å². The number of benzene rings is 1. The van der Waals surface area contributed by atoms with E-state index in [1.807, 2.05) is 0 Å². The van der Waals surface area contributed by atoms with Crippen molar-refractivity contribution in [2.75, 3.05) is 11.9 Å². The number of hydrogen-bond donors (Lipinski definition) is 2. The summed E-state index contributed by atoms with van der Waals surface area (Å²) in [4.78, 5) is 24.6. The Morgan fingerprint density at radius 2 is 2.26 bits per heavy atom. The van der Waals surface area contributed by atoms with Gasteiger partial charge < -0.3 is 15.0 Å². The third kappa shape index (κ3) is 3.28. The maximum Gasteiger partial charge on any atom is 0.257 e. The maximum absolute atomic E-state index is 14.1. The lowest BCUT2D eigenvalue weighted by atomic mass is 10.0. The summed E-state index contributed by atoms with van der Waals surface area (Å²) in [5, 5.41) is 2.76. The summed E-state index contributed by atoms with van der Waals surface area (Å²) in [7, 11) is 0. The number of carbonyl (C=O) groups is 1. The van der Waals surface area contributed by atoms with Crippen LogP contribution in [0, 0.1) is 5.82 Å². The van der Waals surface area contributed by atoms with E-state index in [-0.39, 0.29) is 11.7 Å². The molecule has 2 heterocycles. The molecule has 0 saturated carbocycles. The monoisotopic (exact) mass is 366 g/mol. The Morgan fingerprint density at radius 1 is 1.37 bits per heavy atom. The number of aryl methyl sites for hydroxylation is 2. The first-order chi connectivity index (χ1) is 13.2.